The van der Waals surface area contributed by atoms with Crippen LogP contribution in [0.4, 0.5) is 22.7 Å². The molecule has 0 radical (unpaired) electrons. The maximum atomic E-state index is 12.8. The molecule has 0 aliphatic carbocycles. The molecule has 320 valence electrons. The minimum absolute atomic E-state index is 0.105. The first kappa shape index (κ1) is 43.7. The van der Waals surface area contributed by atoms with Crippen molar-refractivity contribution in [2.75, 3.05) is 20.1 Å². The minimum atomic E-state index is -3.86. The highest BCUT2D eigenvalue weighted by atomic mass is 32.2. The van der Waals surface area contributed by atoms with Crippen LogP contribution in [0, 0.1) is 0 Å². The summed E-state index contributed by atoms with van der Waals surface area (Å²) in [7, 11) is -7.71. The van der Waals surface area contributed by atoms with E-state index in [-0.39, 0.29) is 43.4 Å². The maximum absolute atomic E-state index is 12.8. The molecule has 0 fully saturated rings. The molecule has 0 spiro atoms. The first-order chi connectivity index (χ1) is 30.6. The number of carbonyl (C=O) groups is 4. The third-order valence-electron chi connectivity index (χ3n) is 9.60. The molecule has 64 heavy (non-hydrogen) atoms. The van der Waals surface area contributed by atoms with Crippen LogP contribution in [-0.2, 0) is 20.0 Å². The van der Waals surface area contributed by atoms with E-state index >= 15 is 0 Å². The fraction of sp³-hybridized carbons (Fsp3) is 0. The Morgan fingerprint density at radius 2 is 0.703 bits per heavy atom. The number of hydrogen-bond acceptors (Lipinski definition) is 8. The van der Waals surface area contributed by atoms with Gasteiger partial charge in [-0.1, -0.05) is 72.8 Å². The summed E-state index contributed by atoms with van der Waals surface area (Å²) in [5, 5.41) is 26.7. The van der Waals surface area contributed by atoms with Crippen LogP contribution in [0.5, 0.6) is 0 Å². The van der Waals surface area contributed by atoms with Gasteiger partial charge in [0.25, 0.3) is 31.9 Å². The van der Waals surface area contributed by atoms with Gasteiger partial charge >= 0.3 is 11.9 Å². The van der Waals surface area contributed by atoms with E-state index in [1.807, 2.05) is 48.5 Å². The molecule has 6 N–H and O–H groups in total. The number of carboxylic acids is 2. The van der Waals surface area contributed by atoms with Crippen LogP contribution in [0.2, 0.25) is 0 Å². The Hall–Kier alpha value is -8.34. The van der Waals surface area contributed by atoms with Crippen LogP contribution in [0.3, 0.4) is 0 Å². The quantitative estimate of drug-likeness (QED) is 0.0682. The second-order valence-corrected chi connectivity index (χ2v) is 17.4. The van der Waals surface area contributed by atoms with E-state index in [0.29, 0.717) is 11.4 Å². The van der Waals surface area contributed by atoms with Gasteiger partial charge in [-0.2, -0.15) is 0 Å². The molecule has 0 aliphatic heterocycles. The van der Waals surface area contributed by atoms with Crippen LogP contribution >= 0.6 is 0 Å². The van der Waals surface area contributed by atoms with Crippen molar-refractivity contribution in [2.45, 2.75) is 9.79 Å². The molecule has 0 aliphatic rings. The Morgan fingerprint density at radius 3 is 1.06 bits per heavy atom. The second kappa shape index (κ2) is 18.7. The lowest BCUT2D eigenvalue weighted by molar-refractivity contribution is 0.0686. The summed E-state index contributed by atoms with van der Waals surface area (Å²) in [6.45, 7) is 0. The van der Waals surface area contributed by atoms with E-state index in [1.54, 1.807) is 60.7 Å². The number of sulfonamides is 2. The number of nitrogens with one attached hydrogen (secondary N) is 4. The zero-order chi connectivity index (χ0) is 45.4. The van der Waals surface area contributed by atoms with E-state index < -0.39 is 43.8 Å². The zero-order valence-corrected chi connectivity index (χ0v) is 34.9. The highest BCUT2D eigenvalue weighted by molar-refractivity contribution is 7.93. The van der Waals surface area contributed by atoms with Crippen molar-refractivity contribution >= 4 is 88.1 Å². The van der Waals surface area contributed by atoms with Gasteiger partial charge < -0.3 is 20.8 Å². The average Bonchev–Trinajstić information content (AvgIpc) is 3.29. The SMILES string of the molecule is O=C(O)c1ccc(NC(=O)c2cccc(NS(=O)(=O)c3ccc4ccccc4c3)c2)cc1.O=C(O)c1ccc(NC(=O)c2cccc(NS(=O)(=O)c3ccc4ccccc4c3)c2)cc1. The Kier molecular flexibility index (Phi) is 12.8. The van der Waals surface area contributed by atoms with Gasteiger partial charge in [-0.3, -0.25) is 19.0 Å². The van der Waals surface area contributed by atoms with Crippen molar-refractivity contribution in [3.8, 4) is 0 Å². The molecule has 0 atom stereocenters. The molecule has 16 heteroatoms. The minimum Gasteiger partial charge on any atom is -0.478 e. The fourth-order valence-corrected chi connectivity index (χ4v) is 8.51. The van der Waals surface area contributed by atoms with Crippen molar-refractivity contribution in [1.82, 2.24) is 0 Å². The molecular formula is C48H36N4O10S2. The first-order valence-corrected chi connectivity index (χ1v) is 22.1. The van der Waals surface area contributed by atoms with Crippen LogP contribution in [-0.4, -0.2) is 50.8 Å². The predicted molar refractivity (Wildman–Crippen MR) is 245 cm³/mol. The number of rotatable bonds is 12. The first-order valence-electron chi connectivity index (χ1n) is 19.2. The van der Waals surface area contributed by atoms with E-state index in [0.717, 1.165) is 21.5 Å². The maximum Gasteiger partial charge on any atom is 0.335 e. The monoisotopic (exact) mass is 892 g/mol. The van der Waals surface area contributed by atoms with E-state index in [2.05, 4.69) is 20.1 Å². The number of carbonyl (C=O) groups excluding carboxylic acids is 2. The van der Waals surface area contributed by atoms with Crippen LogP contribution in [0.1, 0.15) is 41.4 Å². The third kappa shape index (κ3) is 10.7. The lowest BCUT2D eigenvalue weighted by Gasteiger charge is -2.11. The molecule has 8 aromatic carbocycles. The van der Waals surface area contributed by atoms with Crippen molar-refractivity contribution in [2.24, 2.45) is 0 Å². The van der Waals surface area contributed by atoms with Gasteiger partial charge in [0.1, 0.15) is 0 Å². The van der Waals surface area contributed by atoms with E-state index in [1.165, 1.54) is 72.8 Å². The Bertz CT molecular complexity index is 3080. The lowest BCUT2D eigenvalue weighted by atomic mass is 10.1. The Balaban J connectivity index is 0.000000191. The van der Waals surface area contributed by atoms with Gasteiger partial charge in [0, 0.05) is 33.9 Å². The predicted octanol–water partition coefficient (Wildman–Crippen LogP) is 9.18. The smallest absolute Gasteiger partial charge is 0.335 e. The summed E-state index contributed by atoms with van der Waals surface area (Å²) in [4.78, 5) is 47.2. The number of aromatic carboxylic acids is 2. The van der Waals surface area contributed by atoms with Crippen molar-refractivity contribution in [3.05, 3.63) is 204 Å². The molecule has 0 saturated heterocycles. The molecular weight excluding hydrogens is 857 g/mol. The molecule has 2 amide bonds. The summed E-state index contributed by atoms with van der Waals surface area (Å²) in [5.74, 6) is -3.04. The van der Waals surface area contributed by atoms with Gasteiger partial charge in [-0.25, -0.2) is 26.4 Å². The topological polar surface area (TPSA) is 225 Å². The van der Waals surface area contributed by atoms with Crippen LogP contribution in [0.25, 0.3) is 21.5 Å². The van der Waals surface area contributed by atoms with E-state index in [9.17, 15) is 36.0 Å². The summed E-state index contributed by atoms with van der Waals surface area (Å²) in [6.07, 6.45) is 0. The molecule has 0 bridgehead atoms. The number of fused-ring (bicyclic) bond motifs is 2. The largest absolute Gasteiger partial charge is 0.478 e. The van der Waals surface area contributed by atoms with Crippen molar-refractivity contribution in [1.29, 1.82) is 0 Å². The van der Waals surface area contributed by atoms with Crippen molar-refractivity contribution < 1.29 is 46.2 Å². The third-order valence-corrected chi connectivity index (χ3v) is 12.4. The highest BCUT2D eigenvalue weighted by Crippen LogP contribution is 2.24. The van der Waals surface area contributed by atoms with Gasteiger partial charge in [-0.05, 0) is 131 Å². The molecule has 14 nitrogen and oxygen atoms in total. The van der Waals surface area contributed by atoms with Gasteiger partial charge in [0.15, 0.2) is 0 Å². The Labute approximate surface area is 367 Å². The molecule has 8 rings (SSSR count). The molecule has 0 aromatic heterocycles. The normalized spacial score (nSPS) is 11.1. The number of anilines is 4. The zero-order valence-electron chi connectivity index (χ0n) is 33.3. The van der Waals surface area contributed by atoms with Crippen LogP contribution in [0.15, 0.2) is 192 Å². The average molecular weight is 893 g/mol. The highest BCUT2D eigenvalue weighted by Gasteiger charge is 2.18. The summed E-state index contributed by atoms with van der Waals surface area (Å²) >= 11 is 0. The summed E-state index contributed by atoms with van der Waals surface area (Å²) in [6, 6.07) is 48.3. The summed E-state index contributed by atoms with van der Waals surface area (Å²) in [5.41, 5.74) is 2.02. The standard InChI is InChI=1S/2C24H18N2O5S/c2*27-23(25-20-11-8-17(9-12-20)24(28)29)19-6-3-7-21(14-19)26-32(30,31)22-13-10-16-4-1-2-5-18(16)15-22/h2*1-15,26H,(H,25,27)(H,28,29). The van der Waals surface area contributed by atoms with Gasteiger partial charge in [-0.15, -0.1) is 0 Å². The summed E-state index contributed by atoms with van der Waals surface area (Å²) < 4.78 is 56.4. The van der Waals surface area contributed by atoms with E-state index in [4.69, 9.17) is 10.2 Å². The van der Waals surface area contributed by atoms with Crippen LogP contribution < -0.4 is 20.1 Å². The Morgan fingerprint density at radius 1 is 0.344 bits per heavy atom. The lowest BCUT2D eigenvalue weighted by Crippen LogP contribution is -2.15. The van der Waals surface area contributed by atoms with Gasteiger partial charge in [0.05, 0.1) is 20.9 Å². The number of hydrogen-bond donors (Lipinski definition) is 6. The number of amides is 2. The second-order valence-electron chi connectivity index (χ2n) is 14.1. The molecule has 0 unspecified atom stereocenters. The molecule has 0 saturated carbocycles. The van der Waals surface area contributed by atoms with Crippen molar-refractivity contribution in [3.63, 3.8) is 0 Å². The number of carboxylic acid groups (broad SMARTS) is 2. The fourth-order valence-electron chi connectivity index (χ4n) is 6.34. The molecule has 0 heterocycles. The number of benzene rings is 8. The molecule has 8 aromatic rings. The van der Waals surface area contributed by atoms with Gasteiger partial charge in [0.2, 0.25) is 0 Å².